The summed E-state index contributed by atoms with van der Waals surface area (Å²) < 4.78 is 10.8. The summed E-state index contributed by atoms with van der Waals surface area (Å²) in [6.45, 7) is 0.730. The number of nitrogens with zero attached hydrogens (tertiary/aromatic N) is 3. The zero-order chi connectivity index (χ0) is 24.8. The lowest BCUT2D eigenvalue weighted by atomic mass is 9.55. The molecule has 1 aliphatic heterocycles. The second kappa shape index (κ2) is 10.2. The first-order chi connectivity index (χ1) is 17.5. The molecule has 3 aromatic rings. The number of pyridine rings is 3. The number of aromatic nitrogens is 3. The monoisotopic (exact) mass is 543 g/mol. The quantitative estimate of drug-likeness (QED) is 0.419. The maximum Gasteiger partial charge on any atom is 0.263 e. The number of hydrogen-bond donors (Lipinski definition) is 2. The lowest BCUT2D eigenvalue weighted by molar-refractivity contribution is -0.118. The van der Waals surface area contributed by atoms with E-state index in [9.17, 15) is 4.79 Å². The number of carbonyl (C=O) groups excluding carboxylic acids is 1. The van der Waals surface area contributed by atoms with Gasteiger partial charge in [0.2, 0.25) is 5.88 Å². The van der Waals surface area contributed by atoms with E-state index in [0.717, 1.165) is 54.4 Å². The fraction of sp³-hybridized carbons (Fsp3) is 0.481. The topological polar surface area (TPSA) is 98.3 Å². The Labute approximate surface area is 227 Å². The van der Waals surface area contributed by atoms with Crippen LogP contribution in [0.4, 0.5) is 5.82 Å². The van der Waals surface area contributed by atoms with Crippen LogP contribution in [0.1, 0.15) is 56.2 Å². The van der Waals surface area contributed by atoms with Crippen LogP contribution in [0.15, 0.2) is 30.5 Å². The van der Waals surface area contributed by atoms with Crippen LogP contribution in [0.2, 0.25) is 5.02 Å². The van der Waals surface area contributed by atoms with Gasteiger partial charge in [-0.1, -0.05) is 11.6 Å². The van der Waals surface area contributed by atoms with E-state index in [-0.39, 0.29) is 30.5 Å². The third-order valence-corrected chi connectivity index (χ3v) is 8.76. The number of nitrogens with one attached hydrogen (secondary N) is 2. The molecule has 0 spiro atoms. The molecule has 3 aromatic heterocycles. The van der Waals surface area contributed by atoms with Gasteiger partial charge in [-0.3, -0.25) is 9.78 Å². The molecule has 3 saturated carbocycles. The summed E-state index contributed by atoms with van der Waals surface area (Å²) in [5.41, 5.74) is 4.20. The minimum Gasteiger partial charge on any atom is -0.481 e. The highest BCUT2D eigenvalue weighted by Gasteiger charge is 2.48. The first-order valence-electron chi connectivity index (χ1n) is 12.6. The van der Waals surface area contributed by atoms with Gasteiger partial charge < -0.3 is 20.1 Å². The molecule has 7 rings (SSSR count). The highest BCUT2D eigenvalue weighted by atomic mass is 35.5. The van der Waals surface area contributed by atoms with E-state index >= 15 is 0 Å². The van der Waals surface area contributed by atoms with E-state index in [1.807, 2.05) is 24.3 Å². The van der Waals surface area contributed by atoms with Crippen molar-refractivity contribution >= 4 is 46.8 Å². The molecule has 1 amide bonds. The maximum atomic E-state index is 11.6. The van der Waals surface area contributed by atoms with Crippen molar-refractivity contribution in [3.05, 3.63) is 46.7 Å². The molecule has 0 radical (unpaired) electrons. The van der Waals surface area contributed by atoms with E-state index in [2.05, 4.69) is 25.6 Å². The molecule has 0 unspecified atom stereocenters. The van der Waals surface area contributed by atoms with Crippen LogP contribution in [0.3, 0.4) is 0 Å². The molecule has 3 aliphatic carbocycles. The van der Waals surface area contributed by atoms with Crippen molar-refractivity contribution in [2.45, 2.75) is 63.5 Å². The van der Waals surface area contributed by atoms with Gasteiger partial charge >= 0.3 is 0 Å². The fourth-order valence-electron chi connectivity index (χ4n) is 6.10. The predicted octanol–water partition coefficient (Wildman–Crippen LogP) is 5.25. The van der Waals surface area contributed by atoms with Crippen LogP contribution in [-0.2, 0) is 17.8 Å². The Morgan fingerprint density at radius 1 is 1.11 bits per heavy atom. The first-order valence-corrected chi connectivity index (χ1v) is 13.0. The number of aryl methyl sites for hydroxylation is 1. The Hall–Kier alpha value is -2.68. The fourth-order valence-corrected chi connectivity index (χ4v) is 6.34. The molecule has 2 N–H and O–H groups in total. The minimum absolute atomic E-state index is 0. The van der Waals surface area contributed by atoms with Gasteiger partial charge in [-0.25, -0.2) is 9.97 Å². The molecule has 4 heterocycles. The van der Waals surface area contributed by atoms with Crippen LogP contribution in [0.5, 0.6) is 11.6 Å². The molecular weight excluding hydrogens is 513 g/mol. The van der Waals surface area contributed by atoms with Gasteiger partial charge in [-0.15, -0.1) is 12.4 Å². The van der Waals surface area contributed by atoms with E-state index in [4.69, 9.17) is 21.1 Å². The average Bonchev–Trinajstić information content (AvgIpc) is 2.92. The number of halogens is 2. The summed E-state index contributed by atoms with van der Waals surface area (Å²) in [7, 11) is 1.63. The maximum absolute atomic E-state index is 11.6. The molecule has 3 fully saturated rings. The summed E-state index contributed by atoms with van der Waals surface area (Å²) in [5, 5.41) is 7.30. The minimum atomic E-state index is -0.162. The molecule has 0 aromatic carbocycles. The number of ether oxygens (including phenoxy) is 2. The standard InChI is InChI=1S/C27H30ClN5O3.ClH/c1-35-23-5-3-20-24(33-23)18(19(28)15-29-20)6-7-26-8-11-27(12-9-26,13-10-26)30-14-17-2-4-21-25(31-17)32-22(34)16-36-21;/h2-5,15,30H,6-14,16H2,1H3,(H,31,32,34);1H. The largest absolute Gasteiger partial charge is 0.481 e. The summed E-state index contributed by atoms with van der Waals surface area (Å²) in [5.74, 6) is 1.57. The van der Waals surface area contributed by atoms with Gasteiger partial charge in [0.05, 0.1) is 28.9 Å². The Kier molecular flexibility index (Phi) is 7.18. The summed E-state index contributed by atoms with van der Waals surface area (Å²) >= 11 is 6.60. The molecular formula is C27H31Cl2N5O3. The van der Waals surface area contributed by atoms with Gasteiger partial charge in [0.1, 0.15) is 0 Å². The lowest BCUT2D eigenvalue weighted by Crippen LogP contribution is -2.54. The average molecular weight is 544 g/mol. The highest BCUT2D eigenvalue weighted by Crippen LogP contribution is 2.54. The van der Waals surface area contributed by atoms with Crippen LogP contribution in [0, 0.1) is 5.41 Å². The molecule has 4 aliphatic rings. The van der Waals surface area contributed by atoms with Crippen LogP contribution in [-0.4, -0.2) is 40.1 Å². The van der Waals surface area contributed by atoms with Crippen molar-refractivity contribution in [3.8, 4) is 11.6 Å². The summed E-state index contributed by atoms with van der Waals surface area (Å²) in [6.07, 6.45) is 10.8. The summed E-state index contributed by atoms with van der Waals surface area (Å²) in [4.78, 5) is 25.3. The Balaban J connectivity index is 0.00000280. The van der Waals surface area contributed by atoms with Crippen molar-refractivity contribution in [2.24, 2.45) is 5.41 Å². The van der Waals surface area contributed by atoms with Crippen molar-refractivity contribution < 1.29 is 14.3 Å². The molecule has 2 bridgehead atoms. The number of rotatable bonds is 7. The Morgan fingerprint density at radius 3 is 2.65 bits per heavy atom. The number of amides is 1. The van der Waals surface area contributed by atoms with E-state index in [0.29, 0.717) is 34.4 Å². The SMILES string of the molecule is COc1ccc2ncc(Cl)c(CCC34CCC(NCc5ccc6c(n5)NC(=O)CO6)(CC3)CC4)c2n1.Cl. The van der Waals surface area contributed by atoms with Crippen molar-refractivity contribution in [2.75, 3.05) is 19.0 Å². The van der Waals surface area contributed by atoms with Crippen molar-refractivity contribution in [1.82, 2.24) is 20.3 Å². The van der Waals surface area contributed by atoms with Gasteiger partial charge in [-0.2, -0.15) is 0 Å². The molecule has 0 atom stereocenters. The zero-order valence-corrected chi connectivity index (χ0v) is 22.4. The van der Waals surface area contributed by atoms with Crippen molar-refractivity contribution in [3.63, 3.8) is 0 Å². The van der Waals surface area contributed by atoms with Gasteiger partial charge in [0.25, 0.3) is 5.91 Å². The molecule has 196 valence electrons. The molecule has 37 heavy (non-hydrogen) atoms. The van der Waals surface area contributed by atoms with Crippen molar-refractivity contribution in [1.29, 1.82) is 0 Å². The lowest BCUT2D eigenvalue weighted by Gasteiger charge is -2.54. The first kappa shape index (κ1) is 25.9. The van der Waals surface area contributed by atoms with Gasteiger partial charge in [-0.05, 0) is 75.0 Å². The normalized spacial score (nSPS) is 24.1. The second-order valence-corrected chi connectivity index (χ2v) is 10.8. The zero-order valence-electron chi connectivity index (χ0n) is 20.8. The number of hydrogen-bond acceptors (Lipinski definition) is 7. The van der Waals surface area contributed by atoms with E-state index in [1.54, 1.807) is 13.3 Å². The van der Waals surface area contributed by atoms with Crippen LogP contribution in [0.25, 0.3) is 11.0 Å². The number of fused-ring (bicyclic) bond motifs is 5. The molecule has 0 saturated heterocycles. The Bertz CT molecular complexity index is 1310. The van der Waals surface area contributed by atoms with Gasteiger partial charge in [0.15, 0.2) is 18.2 Å². The molecule has 8 nitrogen and oxygen atoms in total. The Morgan fingerprint density at radius 2 is 1.89 bits per heavy atom. The van der Waals surface area contributed by atoms with Gasteiger partial charge in [0, 0.05) is 29.9 Å². The number of methoxy groups -OCH3 is 1. The second-order valence-electron chi connectivity index (χ2n) is 10.4. The molecule has 10 heteroatoms. The predicted molar refractivity (Wildman–Crippen MR) is 145 cm³/mol. The van der Waals surface area contributed by atoms with E-state index < -0.39 is 0 Å². The van der Waals surface area contributed by atoms with Crippen LogP contribution < -0.4 is 20.1 Å². The smallest absolute Gasteiger partial charge is 0.263 e. The summed E-state index contributed by atoms with van der Waals surface area (Å²) in [6, 6.07) is 7.65. The number of anilines is 1. The van der Waals surface area contributed by atoms with E-state index in [1.165, 1.54) is 19.3 Å². The third-order valence-electron chi connectivity index (χ3n) is 8.43. The number of carbonyl (C=O) groups is 1. The third kappa shape index (κ3) is 5.07. The van der Waals surface area contributed by atoms with Crippen LogP contribution >= 0.6 is 24.0 Å². The highest BCUT2D eigenvalue weighted by molar-refractivity contribution is 6.32.